The molecule has 1 aliphatic heterocycles. The van der Waals surface area contributed by atoms with E-state index in [2.05, 4.69) is 4.68 Å². The molecule has 0 spiro atoms. The molecule has 1 aliphatic carbocycles. The Kier molecular flexibility index (Phi) is 5.00. The average Bonchev–Trinajstić information content (AvgIpc) is 3.46. The van der Waals surface area contributed by atoms with E-state index in [1.165, 1.54) is 12.8 Å². The Balaban J connectivity index is 1.59. The summed E-state index contributed by atoms with van der Waals surface area (Å²) in [5.41, 5.74) is 2.16. The van der Waals surface area contributed by atoms with Gasteiger partial charge in [0.1, 0.15) is 5.60 Å². The van der Waals surface area contributed by atoms with E-state index in [0.717, 1.165) is 36.6 Å². The van der Waals surface area contributed by atoms with E-state index in [1.54, 1.807) is 11.0 Å². The van der Waals surface area contributed by atoms with Gasteiger partial charge < -0.3 is 14.4 Å². The highest BCUT2D eigenvalue weighted by molar-refractivity contribution is 5.95. The Bertz CT molecular complexity index is 931. The molecule has 1 aromatic carbocycles. The molecular weight excluding hydrogens is 370 g/mol. The zero-order valence-corrected chi connectivity index (χ0v) is 17.6. The van der Waals surface area contributed by atoms with Crippen LogP contribution in [0.3, 0.4) is 0 Å². The zero-order chi connectivity index (χ0) is 20.8. The predicted octanol–water partition coefficient (Wildman–Crippen LogP) is 4.27. The number of ether oxygens (including phenoxy) is 2. The smallest absolute Gasteiger partial charge is 0.410 e. The minimum absolute atomic E-state index is 0.246. The molecule has 7 nitrogen and oxygen atoms in total. The molecule has 1 aromatic heterocycles. The summed E-state index contributed by atoms with van der Waals surface area (Å²) in [4.78, 5) is 26.2. The highest BCUT2D eigenvalue weighted by Gasteiger charge is 2.34. The maximum absolute atomic E-state index is 12.4. The molecule has 2 aromatic rings. The van der Waals surface area contributed by atoms with Crippen LogP contribution in [0.15, 0.2) is 18.2 Å². The minimum Gasteiger partial charge on any atom is -0.465 e. The molecule has 7 heteroatoms. The van der Waals surface area contributed by atoms with Gasteiger partial charge in [-0.2, -0.15) is 5.10 Å². The molecule has 0 unspecified atom stereocenters. The Labute approximate surface area is 170 Å². The molecule has 0 N–H and O–H groups in total. The quantitative estimate of drug-likeness (QED) is 0.721. The number of aromatic nitrogens is 2. The summed E-state index contributed by atoms with van der Waals surface area (Å²) < 4.78 is 12.6. The van der Waals surface area contributed by atoms with Crippen LogP contribution >= 0.6 is 0 Å². The summed E-state index contributed by atoms with van der Waals surface area (Å²) in [6, 6.07) is 6.03. The Morgan fingerprint density at radius 3 is 2.38 bits per heavy atom. The average molecular weight is 399 g/mol. The van der Waals surface area contributed by atoms with Crippen molar-refractivity contribution in [2.24, 2.45) is 0 Å². The van der Waals surface area contributed by atoms with E-state index < -0.39 is 5.60 Å². The van der Waals surface area contributed by atoms with Gasteiger partial charge in [-0.1, -0.05) is 0 Å². The van der Waals surface area contributed by atoms with Crippen LogP contribution in [-0.2, 0) is 9.47 Å². The summed E-state index contributed by atoms with van der Waals surface area (Å²) in [5.74, 6) is -0.0380. The standard InChI is InChI=1S/C22H29N3O4/c1-22(2,3)29-21(27)24-11-9-14(10-12-24)19-17-13-15(20(26)28-4)5-8-18(17)23-25(19)16-6-7-16/h5,8,13-14,16H,6-7,9-12H2,1-4H3. The van der Waals surface area contributed by atoms with Gasteiger partial charge in [0.05, 0.1) is 24.2 Å². The van der Waals surface area contributed by atoms with Crippen LogP contribution in [0.25, 0.3) is 10.9 Å². The van der Waals surface area contributed by atoms with Crippen LogP contribution in [0.2, 0.25) is 0 Å². The molecule has 1 saturated heterocycles. The topological polar surface area (TPSA) is 73.7 Å². The molecule has 0 radical (unpaired) electrons. The second-order valence-corrected chi connectivity index (χ2v) is 9.03. The van der Waals surface area contributed by atoms with Gasteiger partial charge in [0.2, 0.25) is 0 Å². The number of carbonyl (C=O) groups is 2. The van der Waals surface area contributed by atoms with Crippen molar-refractivity contribution in [3.05, 3.63) is 29.5 Å². The number of likely N-dealkylation sites (tertiary alicyclic amines) is 1. The maximum Gasteiger partial charge on any atom is 0.410 e. The number of carbonyl (C=O) groups excluding carboxylic acids is 2. The van der Waals surface area contributed by atoms with Crippen LogP contribution in [0.5, 0.6) is 0 Å². The van der Waals surface area contributed by atoms with E-state index in [9.17, 15) is 9.59 Å². The molecule has 2 aliphatic rings. The summed E-state index contributed by atoms with van der Waals surface area (Å²) in [7, 11) is 1.40. The summed E-state index contributed by atoms with van der Waals surface area (Å²) in [6.07, 6.45) is 3.75. The van der Waals surface area contributed by atoms with E-state index >= 15 is 0 Å². The summed E-state index contributed by atoms with van der Waals surface area (Å²) >= 11 is 0. The number of hydrogen-bond donors (Lipinski definition) is 0. The predicted molar refractivity (Wildman–Crippen MR) is 109 cm³/mol. The van der Waals surface area contributed by atoms with E-state index in [4.69, 9.17) is 14.6 Å². The van der Waals surface area contributed by atoms with Crippen molar-refractivity contribution in [2.45, 2.75) is 64.0 Å². The molecular formula is C22H29N3O4. The van der Waals surface area contributed by atoms with Crippen molar-refractivity contribution < 1.29 is 19.1 Å². The first-order valence-electron chi connectivity index (χ1n) is 10.4. The first-order chi connectivity index (χ1) is 13.8. The Morgan fingerprint density at radius 2 is 1.79 bits per heavy atom. The fourth-order valence-corrected chi connectivity index (χ4v) is 4.03. The second kappa shape index (κ2) is 7.35. The van der Waals surface area contributed by atoms with Crippen molar-refractivity contribution in [1.82, 2.24) is 14.7 Å². The monoisotopic (exact) mass is 399 g/mol. The first kappa shape index (κ1) is 19.7. The number of fused-ring (bicyclic) bond motifs is 1. The number of benzene rings is 1. The van der Waals surface area contributed by atoms with E-state index in [0.29, 0.717) is 30.6 Å². The fraction of sp³-hybridized carbons (Fsp3) is 0.591. The second-order valence-electron chi connectivity index (χ2n) is 9.03. The SMILES string of the molecule is COC(=O)c1ccc2nn(C3CC3)c(C3CCN(C(=O)OC(C)(C)C)CC3)c2c1. The van der Waals surface area contributed by atoms with E-state index in [-0.39, 0.29) is 12.1 Å². The van der Waals surface area contributed by atoms with Crippen LogP contribution in [-0.4, -0.2) is 52.5 Å². The third kappa shape index (κ3) is 4.09. The summed E-state index contributed by atoms with van der Waals surface area (Å²) in [5, 5.41) is 5.86. The number of amides is 1. The molecule has 0 bridgehead atoms. The Hall–Kier alpha value is -2.57. The summed E-state index contributed by atoms with van der Waals surface area (Å²) in [6.45, 7) is 6.98. The molecule has 0 atom stereocenters. The van der Waals surface area contributed by atoms with Crippen LogP contribution in [0.4, 0.5) is 4.79 Å². The van der Waals surface area contributed by atoms with Crippen molar-refractivity contribution in [2.75, 3.05) is 20.2 Å². The van der Waals surface area contributed by atoms with E-state index in [1.807, 2.05) is 32.9 Å². The van der Waals surface area contributed by atoms with Gasteiger partial charge in [0, 0.05) is 30.1 Å². The third-order valence-electron chi connectivity index (χ3n) is 5.58. The van der Waals surface area contributed by atoms with Crippen molar-refractivity contribution in [3.63, 3.8) is 0 Å². The first-order valence-corrected chi connectivity index (χ1v) is 10.4. The van der Waals surface area contributed by atoms with Crippen LogP contribution in [0.1, 0.15) is 74.5 Å². The minimum atomic E-state index is -0.487. The lowest BCUT2D eigenvalue weighted by Crippen LogP contribution is -2.41. The van der Waals surface area contributed by atoms with Gasteiger partial charge >= 0.3 is 12.1 Å². The lowest BCUT2D eigenvalue weighted by Gasteiger charge is -2.33. The molecule has 2 heterocycles. The fourth-order valence-electron chi connectivity index (χ4n) is 4.03. The number of rotatable bonds is 3. The molecule has 1 saturated carbocycles. The van der Waals surface area contributed by atoms with Crippen LogP contribution in [0, 0.1) is 0 Å². The van der Waals surface area contributed by atoms with Gasteiger partial charge in [-0.15, -0.1) is 0 Å². The highest BCUT2D eigenvalue weighted by Crippen LogP contribution is 2.42. The molecule has 1 amide bonds. The number of nitrogens with zero attached hydrogens (tertiary/aromatic N) is 3. The van der Waals surface area contributed by atoms with Crippen molar-refractivity contribution >= 4 is 23.0 Å². The molecule has 156 valence electrons. The number of methoxy groups -OCH3 is 1. The van der Waals surface area contributed by atoms with Crippen LogP contribution < -0.4 is 0 Å². The number of esters is 1. The van der Waals surface area contributed by atoms with Gasteiger partial charge in [0.15, 0.2) is 0 Å². The molecule has 4 rings (SSSR count). The zero-order valence-electron chi connectivity index (χ0n) is 17.6. The number of piperidine rings is 1. The molecule has 29 heavy (non-hydrogen) atoms. The Morgan fingerprint density at radius 1 is 1.10 bits per heavy atom. The largest absolute Gasteiger partial charge is 0.465 e. The lowest BCUT2D eigenvalue weighted by molar-refractivity contribution is 0.0203. The maximum atomic E-state index is 12.4. The lowest BCUT2D eigenvalue weighted by atomic mass is 9.91. The van der Waals surface area contributed by atoms with Gasteiger partial charge in [-0.3, -0.25) is 4.68 Å². The highest BCUT2D eigenvalue weighted by atomic mass is 16.6. The number of hydrogen-bond acceptors (Lipinski definition) is 5. The van der Waals surface area contributed by atoms with Crippen molar-refractivity contribution in [3.8, 4) is 0 Å². The van der Waals surface area contributed by atoms with Gasteiger partial charge in [-0.05, 0) is 64.7 Å². The van der Waals surface area contributed by atoms with Gasteiger partial charge in [-0.25, -0.2) is 9.59 Å². The van der Waals surface area contributed by atoms with Crippen molar-refractivity contribution in [1.29, 1.82) is 0 Å². The van der Waals surface area contributed by atoms with Gasteiger partial charge in [0.25, 0.3) is 0 Å². The normalized spacial score (nSPS) is 18.1. The third-order valence-corrected chi connectivity index (χ3v) is 5.58. The molecule has 2 fully saturated rings.